The largest absolute Gasteiger partial charge is 0.496 e. The Morgan fingerprint density at radius 1 is 0.882 bits per heavy atom. The second kappa shape index (κ2) is 9.23. The number of aromatic nitrogens is 4. The van der Waals surface area contributed by atoms with Gasteiger partial charge in [0.25, 0.3) is 0 Å². The van der Waals surface area contributed by atoms with Crippen molar-refractivity contribution in [3.63, 3.8) is 0 Å². The Kier molecular flexibility index (Phi) is 5.82. The summed E-state index contributed by atoms with van der Waals surface area (Å²) in [4.78, 5) is 9.61. The molecule has 0 atom stereocenters. The van der Waals surface area contributed by atoms with Gasteiger partial charge in [-0.1, -0.05) is 42.5 Å². The highest BCUT2D eigenvalue weighted by Crippen LogP contribution is 2.28. The van der Waals surface area contributed by atoms with E-state index in [1.807, 2.05) is 59.3 Å². The molecule has 0 fully saturated rings. The Labute approximate surface area is 198 Å². The highest BCUT2D eigenvalue weighted by Gasteiger charge is 2.15. The van der Waals surface area contributed by atoms with Gasteiger partial charge in [-0.05, 0) is 55.3 Å². The molecule has 2 aromatic heterocycles. The van der Waals surface area contributed by atoms with Crippen LogP contribution in [0.3, 0.4) is 0 Å². The fourth-order valence-corrected chi connectivity index (χ4v) is 3.82. The van der Waals surface area contributed by atoms with E-state index in [9.17, 15) is 0 Å². The lowest BCUT2D eigenvalue weighted by Gasteiger charge is -2.13. The van der Waals surface area contributed by atoms with Gasteiger partial charge in [-0.15, -0.1) is 0 Å². The lowest BCUT2D eigenvalue weighted by atomic mass is 10.1. The number of para-hydroxylation sites is 2. The molecule has 2 N–H and O–H groups in total. The molecule has 0 bridgehead atoms. The molecule has 7 nitrogen and oxygen atoms in total. The van der Waals surface area contributed by atoms with Gasteiger partial charge in [0, 0.05) is 17.8 Å². The van der Waals surface area contributed by atoms with Crippen LogP contribution in [0.15, 0.2) is 79.0 Å². The van der Waals surface area contributed by atoms with Gasteiger partial charge in [-0.3, -0.25) is 0 Å². The zero-order chi connectivity index (χ0) is 23.5. The summed E-state index contributed by atoms with van der Waals surface area (Å²) in [6, 6.07) is 24.1. The summed E-state index contributed by atoms with van der Waals surface area (Å²) in [6.45, 7) is 4.73. The number of methoxy groups -OCH3 is 1. The number of fused-ring (bicyclic) bond motifs is 1. The van der Waals surface area contributed by atoms with Gasteiger partial charge in [0.05, 0.1) is 24.4 Å². The lowest BCUT2D eigenvalue weighted by molar-refractivity contribution is 0.410. The monoisotopic (exact) mass is 450 g/mol. The summed E-state index contributed by atoms with van der Waals surface area (Å²) < 4.78 is 7.32. The highest BCUT2D eigenvalue weighted by molar-refractivity contribution is 5.90. The molecule has 2 heterocycles. The van der Waals surface area contributed by atoms with Crippen LogP contribution in [-0.4, -0.2) is 26.9 Å². The minimum absolute atomic E-state index is 0.502. The maximum Gasteiger partial charge on any atom is 0.227 e. The fourth-order valence-electron chi connectivity index (χ4n) is 3.82. The molecule has 7 heteroatoms. The third-order valence-corrected chi connectivity index (χ3v) is 5.83. The highest BCUT2D eigenvalue weighted by atomic mass is 16.5. The molecule has 34 heavy (non-hydrogen) atoms. The summed E-state index contributed by atoms with van der Waals surface area (Å²) >= 11 is 0. The quantitative estimate of drug-likeness (QED) is 0.326. The lowest BCUT2D eigenvalue weighted by Crippen LogP contribution is -2.08. The van der Waals surface area contributed by atoms with Crippen molar-refractivity contribution in [1.82, 2.24) is 19.7 Å². The van der Waals surface area contributed by atoms with Gasteiger partial charge < -0.3 is 15.4 Å². The number of nitrogens with one attached hydrogen (secondary N) is 2. The smallest absolute Gasteiger partial charge is 0.227 e. The number of nitrogens with zero attached hydrogens (tertiary/aromatic N) is 4. The van der Waals surface area contributed by atoms with E-state index in [4.69, 9.17) is 14.7 Å². The van der Waals surface area contributed by atoms with Crippen molar-refractivity contribution in [2.45, 2.75) is 20.4 Å². The van der Waals surface area contributed by atoms with Crippen LogP contribution in [0.1, 0.15) is 16.7 Å². The second-order valence-corrected chi connectivity index (χ2v) is 8.11. The predicted octanol–water partition coefficient (Wildman–Crippen LogP) is 5.80. The molecule has 0 unspecified atom stereocenters. The summed E-state index contributed by atoms with van der Waals surface area (Å²) in [6.07, 6.45) is 1.80. The van der Waals surface area contributed by atoms with E-state index in [0.717, 1.165) is 33.7 Å². The maximum absolute atomic E-state index is 5.48. The Morgan fingerprint density at radius 2 is 1.68 bits per heavy atom. The van der Waals surface area contributed by atoms with Crippen LogP contribution in [0.25, 0.3) is 16.7 Å². The van der Waals surface area contributed by atoms with E-state index in [1.54, 1.807) is 13.3 Å². The third kappa shape index (κ3) is 4.28. The van der Waals surface area contributed by atoms with E-state index in [2.05, 4.69) is 47.8 Å². The van der Waals surface area contributed by atoms with Crippen molar-refractivity contribution < 1.29 is 4.74 Å². The first-order valence-electron chi connectivity index (χ1n) is 11.1. The van der Waals surface area contributed by atoms with Crippen molar-refractivity contribution >= 4 is 28.5 Å². The van der Waals surface area contributed by atoms with E-state index in [1.165, 1.54) is 11.1 Å². The number of hydrogen-bond acceptors (Lipinski definition) is 6. The molecule has 0 aliphatic carbocycles. The van der Waals surface area contributed by atoms with Crippen molar-refractivity contribution in [1.29, 1.82) is 0 Å². The number of ether oxygens (including phenoxy) is 1. The van der Waals surface area contributed by atoms with Crippen LogP contribution in [0.4, 0.5) is 17.5 Å². The predicted molar refractivity (Wildman–Crippen MR) is 136 cm³/mol. The van der Waals surface area contributed by atoms with Crippen molar-refractivity contribution in [2.24, 2.45) is 0 Å². The third-order valence-electron chi connectivity index (χ3n) is 5.83. The van der Waals surface area contributed by atoms with Crippen LogP contribution in [-0.2, 0) is 6.54 Å². The first-order valence-corrected chi connectivity index (χ1v) is 11.1. The minimum Gasteiger partial charge on any atom is -0.496 e. The normalized spacial score (nSPS) is 10.9. The Balaban J connectivity index is 1.56. The SMILES string of the molecule is COc1ccccc1CNc1nc(Nc2ccc(C)c(C)c2)c2cnn(-c3ccccc3)c2n1. The first-order chi connectivity index (χ1) is 16.6. The van der Waals surface area contributed by atoms with Gasteiger partial charge in [-0.2, -0.15) is 15.1 Å². The van der Waals surface area contributed by atoms with Crippen LogP contribution in [0.5, 0.6) is 5.75 Å². The van der Waals surface area contributed by atoms with Gasteiger partial charge in [0.2, 0.25) is 5.95 Å². The Morgan fingerprint density at radius 3 is 2.47 bits per heavy atom. The summed E-state index contributed by atoms with van der Waals surface area (Å²) in [5, 5.41) is 12.3. The van der Waals surface area contributed by atoms with E-state index < -0.39 is 0 Å². The zero-order valence-corrected chi connectivity index (χ0v) is 19.4. The van der Waals surface area contributed by atoms with Crippen LogP contribution in [0.2, 0.25) is 0 Å². The van der Waals surface area contributed by atoms with Gasteiger partial charge in [0.1, 0.15) is 11.6 Å². The Bertz CT molecular complexity index is 1440. The maximum atomic E-state index is 5.48. The van der Waals surface area contributed by atoms with E-state index >= 15 is 0 Å². The number of anilines is 3. The zero-order valence-electron chi connectivity index (χ0n) is 19.4. The molecular formula is C27H26N6O. The molecular weight excluding hydrogens is 424 g/mol. The number of benzene rings is 3. The van der Waals surface area contributed by atoms with Crippen LogP contribution >= 0.6 is 0 Å². The number of aryl methyl sites for hydroxylation is 2. The van der Waals surface area contributed by atoms with Crippen molar-refractivity contribution in [3.8, 4) is 11.4 Å². The molecule has 5 aromatic rings. The first kappa shape index (κ1) is 21.5. The Hall–Kier alpha value is -4.39. The van der Waals surface area contributed by atoms with Gasteiger partial charge >= 0.3 is 0 Å². The fraction of sp³-hybridized carbons (Fsp3) is 0.148. The topological polar surface area (TPSA) is 76.9 Å². The van der Waals surface area contributed by atoms with Crippen molar-refractivity contribution in [2.75, 3.05) is 17.7 Å². The summed E-state index contributed by atoms with van der Waals surface area (Å²) in [5.41, 5.74) is 6.10. The second-order valence-electron chi connectivity index (χ2n) is 8.11. The summed E-state index contributed by atoms with van der Waals surface area (Å²) in [7, 11) is 1.67. The molecule has 0 aliphatic rings. The summed E-state index contributed by atoms with van der Waals surface area (Å²) in [5.74, 6) is 2.01. The van der Waals surface area contributed by atoms with Crippen molar-refractivity contribution in [3.05, 3.63) is 95.7 Å². The molecule has 0 spiro atoms. The average Bonchev–Trinajstić information content (AvgIpc) is 3.30. The average molecular weight is 451 g/mol. The number of hydrogen-bond donors (Lipinski definition) is 2. The molecule has 3 aromatic carbocycles. The molecule has 0 aliphatic heterocycles. The van der Waals surface area contributed by atoms with Gasteiger partial charge in [0.15, 0.2) is 5.65 Å². The van der Waals surface area contributed by atoms with Crippen LogP contribution in [0, 0.1) is 13.8 Å². The molecule has 0 amide bonds. The van der Waals surface area contributed by atoms with E-state index in [0.29, 0.717) is 18.3 Å². The van der Waals surface area contributed by atoms with Gasteiger partial charge in [-0.25, -0.2) is 4.68 Å². The molecule has 0 radical (unpaired) electrons. The number of rotatable bonds is 7. The van der Waals surface area contributed by atoms with E-state index in [-0.39, 0.29) is 0 Å². The van der Waals surface area contributed by atoms with Crippen LogP contribution < -0.4 is 15.4 Å². The molecule has 5 rings (SSSR count). The molecule has 0 saturated carbocycles. The minimum atomic E-state index is 0.502. The molecule has 170 valence electrons. The standard InChI is InChI=1S/C27H26N6O/c1-18-13-14-21(15-19(18)2)30-25-23-17-29-33(22-10-5-4-6-11-22)26(23)32-27(31-25)28-16-20-9-7-8-12-24(20)34-3/h4-15,17H,16H2,1-3H3,(H2,28,30,31,32). The molecule has 0 saturated heterocycles.